The minimum absolute atomic E-state index is 0.0827. The average Bonchev–Trinajstić information content (AvgIpc) is 3.24. The highest BCUT2D eigenvalue weighted by atomic mass is 32.2. The van der Waals surface area contributed by atoms with Crippen molar-refractivity contribution in [1.29, 1.82) is 0 Å². The molecule has 1 aromatic heterocycles. The number of rotatable bonds is 5. The van der Waals surface area contributed by atoms with Crippen LogP contribution in [0.25, 0.3) is 0 Å². The van der Waals surface area contributed by atoms with Gasteiger partial charge in [0.25, 0.3) is 5.91 Å². The smallest absolute Gasteiger partial charge is 0.261 e. The highest BCUT2D eigenvalue weighted by molar-refractivity contribution is 8.01. The molecule has 29 heavy (non-hydrogen) atoms. The van der Waals surface area contributed by atoms with E-state index in [0.717, 1.165) is 35.4 Å². The molecule has 7 heteroatoms. The summed E-state index contributed by atoms with van der Waals surface area (Å²) in [6.07, 6.45) is 2.43. The molecule has 4 saturated heterocycles. The third-order valence-corrected chi connectivity index (χ3v) is 8.42. The molecule has 4 aliphatic rings. The minimum Gasteiger partial charge on any atom is -0.378 e. The SMILES string of the molecule is O=C(NC1CN2CCC1CC2)c1ccc(Sc2ccc(C3COCCN3)cc2)s1. The number of piperidine rings is 3. The molecule has 5 nitrogen and oxygen atoms in total. The fraction of sp³-hybridized carbons (Fsp3) is 0.500. The maximum Gasteiger partial charge on any atom is 0.261 e. The first-order chi connectivity index (χ1) is 14.2. The number of nitrogens with zero attached hydrogens (tertiary/aromatic N) is 1. The summed E-state index contributed by atoms with van der Waals surface area (Å²) in [6, 6.07) is 13.3. The lowest BCUT2D eigenvalue weighted by atomic mass is 9.84. The Morgan fingerprint density at radius 1 is 1.17 bits per heavy atom. The van der Waals surface area contributed by atoms with Crippen LogP contribution in [-0.2, 0) is 4.74 Å². The van der Waals surface area contributed by atoms with Gasteiger partial charge in [-0.2, -0.15) is 0 Å². The summed E-state index contributed by atoms with van der Waals surface area (Å²) in [6.45, 7) is 5.82. The van der Waals surface area contributed by atoms with Crippen molar-refractivity contribution in [3.05, 3.63) is 46.8 Å². The molecular weight excluding hydrogens is 402 g/mol. The second kappa shape index (κ2) is 8.78. The van der Waals surface area contributed by atoms with Gasteiger partial charge in [-0.05, 0) is 61.7 Å². The van der Waals surface area contributed by atoms with Crippen LogP contribution in [-0.4, -0.2) is 56.2 Å². The Kier molecular flexibility index (Phi) is 5.92. The van der Waals surface area contributed by atoms with Crippen LogP contribution in [0.4, 0.5) is 0 Å². The number of hydrogen-bond donors (Lipinski definition) is 2. The lowest BCUT2D eigenvalue weighted by Crippen LogP contribution is -2.57. The first-order valence-corrected chi connectivity index (χ1v) is 12.1. The van der Waals surface area contributed by atoms with Gasteiger partial charge >= 0.3 is 0 Å². The van der Waals surface area contributed by atoms with Crippen LogP contribution < -0.4 is 10.6 Å². The molecule has 154 valence electrons. The van der Waals surface area contributed by atoms with E-state index in [1.165, 1.54) is 36.4 Å². The van der Waals surface area contributed by atoms with Gasteiger partial charge in [0.15, 0.2) is 0 Å². The van der Waals surface area contributed by atoms with Crippen molar-refractivity contribution < 1.29 is 9.53 Å². The number of carbonyl (C=O) groups excluding carboxylic acids is 1. The Bertz CT molecular complexity index is 840. The summed E-state index contributed by atoms with van der Waals surface area (Å²) < 4.78 is 6.70. The molecule has 4 fully saturated rings. The molecule has 0 radical (unpaired) electrons. The normalized spacial score (nSPS) is 29.0. The summed E-state index contributed by atoms with van der Waals surface area (Å²) in [4.78, 5) is 17.2. The topological polar surface area (TPSA) is 53.6 Å². The molecule has 1 amide bonds. The number of amides is 1. The third kappa shape index (κ3) is 4.54. The van der Waals surface area contributed by atoms with Gasteiger partial charge in [0.05, 0.1) is 28.3 Å². The van der Waals surface area contributed by atoms with Crippen LogP contribution in [0.15, 0.2) is 45.5 Å². The molecule has 0 saturated carbocycles. The molecule has 4 aliphatic heterocycles. The average molecular weight is 430 g/mol. The second-order valence-electron chi connectivity index (χ2n) is 8.09. The van der Waals surface area contributed by atoms with E-state index in [9.17, 15) is 4.79 Å². The fourth-order valence-electron chi connectivity index (χ4n) is 4.53. The van der Waals surface area contributed by atoms with E-state index in [1.807, 2.05) is 6.07 Å². The Morgan fingerprint density at radius 3 is 2.69 bits per heavy atom. The van der Waals surface area contributed by atoms with Crippen LogP contribution in [0, 0.1) is 5.92 Å². The van der Waals surface area contributed by atoms with Gasteiger partial charge in [-0.3, -0.25) is 4.79 Å². The van der Waals surface area contributed by atoms with E-state index < -0.39 is 0 Å². The van der Waals surface area contributed by atoms with E-state index in [4.69, 9.17) is 4.74 Å². The molecule has 5 heterocycles. The predicted octanol–water partition coefficient (Wildman–Crippen LogP) is 3.38. The third-order valence-electron chi connectivity index (χ3n) is 6.20. The van der Waals surface area contributed by atoms with Gasteiger partial charge in [0.1, 0.15) is 0 Å². The molecule has 2 atom stereocenters. The Morgan fingerprint density at radius 2 is 2.00 bits per heavy atom. The standard InChI is InChI=1S/C22H27N3O2S2/c26-22(24-18-13-25-10-7-16(18)8-11-25)20-5-6-21(29-20)28-17-3-1-15(2-4-17)19-14-27-12-9-23-19/h1-6,16,18-19,23H,7-14H2,(H,24,26). The molecule has 1 aromatic carbocycles. The number of ether oxygens (including phenoxy) is 1. The van der Waals surface area contributed by atoms with Crippen LogP contribution in [0.2, 0.25) is 0 Å². The van der Waals surface area contributed by atoms with E-state index >= 15 is 0 Å². The van der Waals surface area contributed by atoms with Crippen LogP contribution in [0.1, 0.15) is 34.1 Å². The van der Waals surface area contributed by atoms with E-state index in [0.29, 0.717) is 12.0 Å². The molecule has 0 aliphatic carbocycles. The van der Waals surface area contributed by atoms with Gasteiger partial charge in [-0.1, -0.05) is 23.9 Å². The number of benzene rings is 1. The Labute approximate surface area is 180 Å². The maximum atomic E-state index is 12.7. The van der Waals surface area contributed by atoms with E-state index in [1.54, 1.807) is 23.1 Å². The van der Waals surface area contributed by atoms with Gasteiger partial charge < -0.3 is 20.3 Å². The zero-order chi connectivity index (χ0) is 19.6. The number of fused-ring (bicyclic) bond motifs is 3. The van der Waals surface area contributed by atoms with Crippen molar-refractivity contribution in [1.82, 2.24) is 15.5 Å². The number of nitrogens with one attached hydrogen (secondary N) is 2. The summed E-state index contributed by atoms with van der Waals surface area (Å²) in [5.74, 6) is 0.736. The zero-order valence-electron chi connectivity index (χ0n) is 16.4. The van der Waals surface area contributed by atoms with Gasteiger partial charge in [0, 0.05) is 24.0 Å². The van der Waals surface area contributed by atoms with Gasteiger partial charge in [0.2, 0.25) is 0 Å². The second-order valence-corrected chi connectivity index (χ2v) is 10.5. The summed E-state index contributed by atoms with van der Waals surface area (Å²) >= 11 is 3.30. The molecule has 2 bridgehead atoms. The molecule has 2 N–H and O–H groups in total. The molecule has 6 rings (SSSR count). The van der Waals surface area contributed by atoms with Gasteiger partial charge in [-0.15, -0.1) is 11.3 Å². The predicted molar refractivity (Wildman–Crippen MR) is 117 cm³/mol. The van der Waals surface area contributed by atoms with Crippen molar-refractivity contribution in [3.63, 3.8) is 0 Å². The molecular formula is C22H27N3O2S2. The van der Waals surface area contributed by atoms with Crippen LogP contribution >= 0.6 is 23.1 Å². The largest absolute Gasteiger partial charge is 0.378 e. The van der Waals surface area contributed by atoms with Crippen molar-refractivity contribution in [2.24, 2.45) is 5.92 Å². The maximum absolute atomic E-state index is 12.7. The highest BCUT2D eigenvalue weighted by Crippen LogP contribution is 2.34. The lowest BCUT2D eigenvalue weighted by molar-refractivity contribution is 0.0622. The number of morpholine rings is 1. The number of hydrogen-bond acceptors (Lipinski definition) is 6. The van der Waals surface area contributed by atoms with Crippen molar-refractivity contribution in [2.75, 3.05) is 39.4 Å². The minimum atomic E-state index is 0.0827. The number of carbonyl (C=O) groups is 1. The van der Waals surface area contributed by atoms with Crippen molar-refractivity contribution in [3.8, 4) is 0 Å². The molecule has 2 aromatic rings. The highest BCUT2D eigenvalue weighted by Gasteiger charge is 2.35. The first-order valence-electron chi connectivity index (χ1n) is 10.5. The summed E-state index contributed by atoms with van der Waals surface area (Å²) in [7, 11) is 0. The van der Waals surface area contributed by atoms with E-state index in [2.05, 4.69) is 45.9 Å². The fourth-order valence-corrected chi connectivity index (χ4v) is 6.53. The summed E-state index contributed by atoms with van der Waals surface area (Å²) in [5, 5.41) is 6.78. The summed E-state index contributed by atoms with van der Waals surface area (Å²) in [5.41, 5.74) is 1.26. The number of thiophene rings is 1. The lowest BCUT2D eigenvalue weighted by Gasteiger charge is -2.44. The monoisotopic (exact) mass is 429 g/mol. The van der Waals surface area contributed by atoms with Crippen molar-refractivity contribution >= 4 is 29.0 Å². The quantitative estimate of drug-likeness (QED) is 0.763. The van der Waals surface area contributed by atoms with Crippen molar-refractivity contribution in [2.45, 2.75) is 34.0 Å². The Balaban J connectivity index is 1.18. The Hall–Kier alpha value is -1.38. The zero-order valence-corrected chi connectivity index (χ0v) is 18.1. The van der Waals surface area contributed by atoms with Crippen LogP contribution in [0.5, 0.6) is 0 Å². The molecule has 2 unspecified atom stereocenters. The van der Waals surface area contributed by atoms with E-state index in [-0.39, 0.29) is 11.9 Å². The first kappa shape index (κ1) is 19.6. The van der Waals surface area contributed by atoms with Gasteiger partial charge in [-0.25, -0.2) is 0 Å². The molecule has 0 spiro atoms. The van der Waals surface area contributed by atoms with Crippen LogP contribution in [0.3, 0.4) is 0 Å².